The van der Waals surface area contributed by atoms with Crippen molar-refractivity contribution in [3.63, 3.8) is 0 Å². The van der Waals surface area contributed by atoms with Gasteiger partial charge in [-0.1, -0.05) is 23.2 Å². The van der Waals surface area contributed by atoms with Crippen LogP contribution in [0.15, 0.2) is 18.2 Å². The smallest absolute Gasteiger partial charge is 0.231 e. The van der Waals surface area contributed by atoms with Crippen molar-refractivity contribution in [1.29, 1.82) is 0 Å². The third kappa shape index (κ3) is 3.98. The van der Waals surface area contributed by atoms with Gasteiger partial charge in [-0.2, -0.15) is 0 Å². The maximum atomic E-state index is 10.5. The van der Waals surface area contributed by atoms with Crippen molar-refractivity contribution in [1.82, 2.24) is 5.32 Å². The Morgan fingerprint density at radius 3 is 2.81 bits per heavy atom. The zero-order valence-corrected chi connectivity index (χ0v) is 9.92. The van der Waals surface area contributed by atoms with Gasteiger partial charge in [-0.15, -0.1) is 0 Å². The first-order valence-corrected chi connectivity index (χ1v) is 5.38. The highest BCUT2D eigenvalue weighted by atomic mass is 35.5. The Labute approximate surface area is 103 Å². The number of rotatable bonds is 5. The molecule has 1 amide bonds. The summed E-state index contributed by atoms with van der Waals surface area (Å²) in [7, 11) is 0. The Morgan fingerprint density at radius 2 is 2.19 bits per heavy atom. The van der Waals surface area contributed by atoms with E-state index in [2.05, 4.69) is 5.32 Å². The molecule has 88 valence electrons. The number of primary amides is 1. The minimum Gasteiger partial charge on any atom is -0.387 e. The monoisotopic (exact) mass is 262 g/mol. The first-order valence-electron chi connectivity index (χ1n) is 4.62. The van der Waals surface area contributed by atoms with Gasteiger partial charge in [-0.3, -0.25) is 4.79 Å². The van der Waals surface area contributed by atoms with E-state index < -0.39 is 12.0 Å². The molecule has 1 rings (SSSR count). The van der Waals surface area contributed by atoms with Crippen molar-refractivity contribution in [2.24, 2.45) is 5.73 Å². The van der Waals surface area contributed by atoms with Crippen molar-refractivity contribution in [2.45, 2.75) is 6.10 Å². The van der Waals surface area contributed by atoms with Crippen LogP contribution in [-0.4, -0.2) is 24.1 Å². The van der Waals surface area contributed by atoms with Crippen LogP contribution in [-0.2, 0) is 4.79 Å². The lowest BCUT2D eigenvalue weighted by atomic mass is 10.1. The number of hydrogen-bond acceptors (Lipinski definition) is 3. The highest BCUT2D eigenvalue weighted by Gasteiger charge is 2.11. The van der Waals surface area contributed by atoms with Gasteiger partial charge in [0.05, 0.1) is 12.6 Å². The molecule has 1 atom stereocenters. The number of nitrogens with one attached hydrogen (secondary N) is 1. The van der Waals surface area contributed by atoms with Gasteiger partial charge < -0.3 is 16.2 Å². The van der Waals surface area contributed by atoms with Crippen LogP contribution in [0.4, 0.5) is 0 Å². The average Bonchev–Trinajstić information content (AvgIpc) is 2.21. The van der Waals surface area contributed by atoms with Crippen molar-refractivity contribution in [3.8, 4) is 0 Å². The third-order valence-corrected chi connectivity index (χ3v) is 2.53. The topological polar surface area (TPSA) is 75.4 Å². The normalized spacial score (nSPS) is 12.4. The summed E-state index contributed by atoms with van der Waals surface area (Å²) in [5.41, 5.74) is 5.46. The summed E-state index contributed by atoms with van der Waals surface area (Å²) in [6, 6.07) is 4.83. The van der Waals surface area contributed by atoms with Crippen molar-refractivity contribution in [2.75, 3.05) is 13.1 Å². The summed E-state index contributed by atoms with van der Waals surface area (Å²) in [4.78, 5) is 10.5. The Bertz CT molecular complexity index is 385. The Hall–Kier alpha value is -0.810. The van der Waals surface area contributed by atoms with Gasteiger partial charge in [0, 0.05) is 22.2 Å². The number of aliphatic hydroxyl groups excluding tert-OH is 1. The fourth-order valence-corrected chi connectivity index (χ4v) is 1.64. The molecule has 4 N–H and O–H groups in total. The maximum Gasteiger partial charge on any atom is 0.231 e. The number of halogens is 2. The maximum absolute atomic E-state index is 10.5. The van der Waals surface area contributed by atoms with Crippen LogP contribution in [0.2, 0.25) is 10.0 Å². The predicted molar refractivity (Wildman–Crippen MR) is 63.5 cm³/mol. The van der Waals surface area contributed by atoms with Gasteiger partial charge >= 0.3 is 0 Å². The molecule has 0 heterocycles. The zero-order chi connectivity index (χ0) is 12.1. The molecule has 0 radical (unpaired) electrons. The molecule has 0 fully saturated rings. The molecule has 0 bridgehead atoms. The number of nitrogens with two attached hydrogens (primary N) is 1. The summed E-state index contributed by atoms with van der Waals surface area (Å²) in [6.45, 7) is 0.193. The molecular formula is C10H12Cl2N2O2. The Morgan fingerprint density at radius 1 is 1.50 bits per heavy atom. The summed E-state index contributed by atoms with van der Waals surface area (Å²) in [6.07, 6.45) is -0.828. The van der Waals surface area contributed by atoms with E-state index >= 15 is 0 Å². The van der Waals surface area contributed by atoms with Crippen LogP contribution >= 0.6 is 23.2 Å². The van der Waals surface area contributed by atoms with E-state index in [1.807, 2.05) is 0 Å². The van der Waals surface area contributed by atoms with Crippen molar-refractivity contribution < 1.29 is 9.90 Å². The third-order valence-electron chi connectivity index (χ3n) is 1.95. The molecule has 0 aliphatic rings. The van der Waals surface area contributed by atoms with Crippen molar-refractivity contribution >= 4 is 29.1 Å². The van der Waals surface area contributed by atoms with Gasteiger partial charge in [0.25, 0.3) is 0 Å². The van der Waals surface area contributed by atoms with E-state index in [4.69, 9.17) is 28.9 Å². The van der Waals surface area contributed by atoms with Gasteiger partial charge in [0.2, 0.25) is 5.91 Å². The Balaban J connectivity index is 2.61. The summed E-state index contributed by atoms with van der Waals surface area (Å²) < 4.78 is 0. The van der Waals surface area contributed by atoms with Gasteiger partial charge in [0.15, 0.2) is 0 Å². The molecule has 6 heteroatoms. The first kappa shape index (κ1) is 13.3. The second-order valence-corrected chi connectivity index (χ2v) is 4.12. The molecule has 16 heavy (non-hydrogen) atoms. The molecule has 1 unspecified atom stereocenters. The highest BCUT2D eigenvalue weighted by Crippen LogP contribution is 2.25. The lowest BCUT2D eigenvalue weighted by Crippen LogP contribution is -2.31. The molecule has 0 aromatic heterocycles. The molecule has 0 saturated heterocycles. The summed E-state index contributed by atoms with van der Waals surface area (Å²) in [5, 5.41) is 13.4. The Kier molecular flexibility index (Phi) is 5.02. The quantitative estimate of drug-likeness (QED) is 0.744. The molecule has 1 aromatic rings. The van der Waals surface area contributed by atoms with Crippen LogP contribution in [0.3, 0.4) is 0 Å². The molecule has 0 aliphatic heterocycles. The molecule has 0 spiro atoms. The van der Waals surface area contributed by atoms with Crippen LogP contribution in [0.25, 0.3) is 0 Å². The number of carbonyl (C=O) groups is 1. The van der Waals surface area contributed by atoms with E-state index in [1.165, 1.54) is 0 Å². The van der Waals surface area contributed by atoms with Crippen LogP contribution in [0, 0.1) is 0 Å². The van der Waals surface area contributed by atoms with Gasteiger partial charge in [0.1, 0.15) is 0 Å². The minimum atomic E-state index is -0.828. The van der Waals surface area contributed by atoms with Crippen molar-refractivity contribution in [3.05, 3.63) is 33.8 Å². The zero-order valence-electron chi connectivity index (χ0n) is 8.41. The van der Waals surface area contributed by atoms with Gasteiger partial charge in [-0.25, -0.2) is 0 Å². The second kappa shape index (κ2) is 6.06. The van der Waals surface area contributed by atoms with E-state index in [-0.39, 0.29) is 13.1 Å². The average molecular weight is 263 g/mol. The van der Waals surface area contributed by atoms with E-state index in [9.17, 15) is 9.90 Å². The number of amides is 1. The minimum absolute atomic E-state index is 0.00917. The van der Waals surface area contributed by atoms with E-state index in [0.29, 0.717) is 15.6 Å². The van der Waals surface area contributed by atoms with Crippen LogP contribution < -0.4 is 11.1 Å². The molecule has 4 nitrogen and oxygen atoms in total. The fourth-order valence-electron chi connectivity index (χ4n) is 1.21. The standard InChI is InChI=1S/C10H12Cl2N2O2/c11-6-1-2-8(12)7(3-6)9(15)4-14-5-10(13)16/h1-3,9,14-15H,4-5H2,(H2,13,16). The predicted octanol–water partition coefficient (Wildman–Crippen LogP) is 1.10. The summed E-state index contributed by atoms with van der Waals surface area (Å²) in [5.74, 6) is -0.482. The number of aliphatic hydroxyl groups is 1. The second-order valence-electron chi connectivity index (χ2n) is 3.28. The SMILES string of the molecule is NC(=O)CNCC(O)c1cc(Cl)ccc1Cl. The molecular weight excluding hydrogens is 251 g/mol. The fraction of sp³-hybridized carbons (Fsp3) is 0.300. The van der Waals surface area contributed by atoms with E-state index in [0.717, 1.165) is 0 Å². The van der Waals surface area contributed by atoms with E-state index in [1.54, 1.807) is 18.2 Å². The lowest BCUT2D eigenvalue weighted by molar-refractivity contribution is -0.117. The van der Waals surface area contributed by atoms with Gasteiger partial charge in [-0.05, 0) is 18.2 Å². The number of hydrogen-bond donors (Lipinski definition) is 3. The summed E-state index contributed by atoms with van der Waals surface area (Å²) >= 11 is 11.7. The largest absolute Gasteiger partial charge is 0.387 e. The molecule has 1 aromatic carbocycles. The molecule has 0 aliphatic carbocycles. The number of carbonyl (C=O) groups excluding carboxylic acids is 1. The lowest BCUT2D eigenvalue weighted by Gasteiger charge is -2.13. The first-order chi connectivity index (χ1) is 7.50. The van der Waals surface area contributed by atoms with Crippen LogP contribution in [0.5, 0.6) is 0 Å². The van der Waals surface area contributed by atoms with Crippen LogP contribution in [0.1, 0.15) is 11.7 Å². The molecule has 0 saturated carbocycles. The number of benzene rings is 1. The highest BCUT2D eigenvalue weighted by molar-refractivity contribution is 6.33.